The van der Waals surface area contributed by atoms with Crippen LogP contribution in [0, 0.1) is 0 Å². The first kappa shape index (κ1) is 21.6. The number of carbonyl (C=O) groups excluding carboxylic acids is 2. The summed E-state index contributed by atoms with van der Waals surface area (Å²) in [5.41, 5.74) is 1.24. The summed E-state index contributed by atoms with van der Waals surface area (Å²) >= 11 is 0. The molecular weight excluding hydrogens is 392 g/mol. The summed E-state index contributed by atoms with van der Waals surface area (Å²) < 4.78 is 5.43. The Morgan fingerprint density at radius 3 is 2.58 bits per heavy atom. The molecular formula is C24H32N4O3. The largest absolute Gasteiger partial charge is 0.356 e. The van der Waals surface area contributed by atoms with Crippen LogP contribution in [-0.2, 0) is 4.79 Å². The van der Waals surface area contributed by atoms with Gasteiger partial charge in [-0.1, -0.05) is 41.9 Å². The second kappa shape index (κ2) is 10.6. The van der Waals surface area contributed by atoms with Crippen molar-refractivity contribution in [3.63, 3.8) is 0 Å². The number of nitrogens with zero attached hydrogens (tertiary/aromatic N) is 3. The molecule has 2 aliphatic rings. The van der Waals surface area contributed by atoms with Crippen molar-refractivity contribution >= 4 is 11.8 Å². The Balaban J connectivity index is 1.41. The number of piperidine rings is 1. The van der Waals surface area contributed by atoms with Gasteiger partial charge in [-0.25, -0.2) is 0 Å². The van der Waals surface area contributed by atoms with Crippen LogP contribution in [0.4, 0.5) is 0 Å². The van der Waals surface area contributed by atoms with Gasteiger partial charge in [-0.05, 0) is 45.2 Å². The van der Waals surface area contributed by atoms with E-state index in [1.165, 1.54) is 12.8 Å². The van der Waals surface area contributed by atoms with E-state index in [4.69, 9.17) is 4.52 Å². The highest BCUT2D eigenvalue weighted by atomic mass is 16.5. The number of fused-ring (bicyclic) bond motifs is 1. The molecule has 1 unspecified atom stereocenters. The Kier molecular flexibility index (Phi) is 7.35. The minimum atomic E-state index is -0.108. The molecule has 2 aliphatic heterocycles. The van der Waals surface area contributed by atoms with Crippen molar-refractivity contribution in [2.75, 3.05) is 32.7 Å². The van der Waals surface area contributed by atoms with Gasteiger partial charge >= 0.3 is 0 Å². The van der Waals surface area contributed by atoms with Crippen molar-refractivity contribution < 1.29 is 14.1 Å². The molecule has 0 bridgehead atoms. The Labute approximate surface area is 183 Å². The average Bonchev–Trinajstić information content (AvgIpc) is 3.29. The lowest BCUT2D eigenvalue weighted by molar-refractivity contribution is -0.122. The molecule has 2 saturated heterocycles. The van der Waals surface area contributed by atoms with Crippen LogP contribution >= 0.6 is 0 Å². The Morgan fingerprint density at radius 2 is 1.74 bits per heavy atom. The molecule has 1 atom stereocenters. The van der Waals surface area contributed by atoms with Gasteiger partial charge in [0.15, 0.2) is 11.5 Å². The molecule has 0 radical (unpaired) electrons. The van der Waals surface area contributed by atoms with E-state index < -0.39 is 0 Å². The van der Waals surface area contributed by atoms with Gasteiger partial charge in [0, 0.05) is 43.7 Å². The van der Waals surface area contributed by atoms with Gasteiger partial charge in [0.05, 0.1) is 0 Å². The normalized spacial score (nSPS) is 21.9. The van der Waals surface area contributed by atoms with Crippen molar-refractivity contribution in [2.45, 2.75) is 51.0 Å². The Hall–Kier alpha value is -2.67. The number of hydrogen-bond acceptors (Lipinski definition) is 5. The number of aromatic nitrogens is 1. The van der Waals surface area contributed by atoms with E-state index in [9.17, 15) is 9.59 Å². The van der Waals surface area contributed by atoms with E-state index in [2.05, 4.69) is 15.4 Å². The molecule has 2 aromatic rings. The van der Waals surface area contributed by atoms with Crippen molar-refractivity contribution in [1.29, 1.82) is 0 Å². The molecule has 4 rings (SSSR count). The molecule has 3 heterocycles. The van der Waals surface area contributed by atoms with Gasteiger partial charge in [-0.15, -0.1) is 0 Å². The zero-order valence-corrected chi connectivity index (χ0v) is 18.1. The van der Waals surface area contributed by atoms with Crippen LogP contribution in [0.1, 0.15) is 55.4 Å². The third kappa shape index (κ3) is 5.73. The highest BCUT2D eigenvalue weighted by molar-refractivity contribution is 5.93. The molecule has 2 fully saturated rings. The number of benzene rings is 1. The maximum atomic E-state index is 13.1. The summed E-state index contributed by atoms with van der Waals surface area (Å²) in [6.07, 6.45) is 6.81. The highest BCUT2D eigenvalue weighted by Crippen LogP contribution is 2.22. The van der Waals surface area contributed by atoms with E-state index in [-0.39, 0.29) is 11.8 Å². The predicted octanol–water partition coefficient (Wildman–Crippen LogP) is 3.33. The van der Waals surface area contributed by atoms with Crippen molar-refractivity contribution in [2.24, 2.45) is 0 Å². The lowest BCUT2D eigenvalue weighted by atomic mass is 9.98. The fourth-order valence-corrected chi connectivity index (χ4v) is 4.58. The maximum Gasteiger partial charge on any atom is 0.276 e. The van der Waals surface area contributed by atoms with Crippen LogP contribution in [0.3, 0.4) is 0 Å². The number of nitrogens with one attached hydrogen (secondary N) is 1. The number of rotatable bonds is 2. The average molecular weight is 425 g/mol. The number of hydrogen-bond donors (Lipinski definition) is 1. The van der Waals surface area contributed by atoms with Gasteiger partial charge in [0.25, 0.3) is 5.91 Å². The smallest absolute Gasteiger partial charge is 0.276 e. The Bertz CT molecular complexity index is 867. The van der Waals surface area contributed by atoms with Crippen molar-refractivity contribution in [3.8, 4) is 11.3 Å². The van der Waals surface area contributed by atoms with Crippen LogP contribution in [0.15, 0.2) is 40.9 Å². The quantitative estimate of drug-likeness (QED) is 0.800. The zero-order chi connectivity index (χ0) is 21.5. The molecule has 7 heteroatoms. The van der Waals surface area contributed by atoms with Gasteiger partial charge in [0.1, 0.15) is 0 Å². The molecule has 166 valence electrons. The van der Waals surface area contributed by atoms with Crippen molar-refractivity contribution in [1.82, 2.24) is 20.3 Å². The summed E-state index contributed by atoms with van der Waals surface area (Å²) in [6.45, 7) is 3.94. The Morgan fingerprint density at radius 1 is 1.00 bits per heavy atom. The van der Waals surface area contributed by atoms with Gasteiger partial charge in [-0.3, -0.25) is 14.5 Å². The molecule has 0 aliphatic carbocycles. The zero-order valence-electron chi connectivity index (χ0n) is 18.1. The monoisotopic (exact) mass is 424 g/mol. The summed E-state index contributed by atoms with van der Waals surface area (Å²) in [6, 6.07) is 11.8. The first-order valence-electron chi connectivity index (χ1n) is 11.5. The summed E-state index contributed by atoms with van der Waals surface area (Å²) in [7, 11) is 0. The number of amides is 2. The first-order chi connectivity index (χ1) is 15.2. The van der Waals surface area contributed by atoms with Crippen molar-refractivity contribution in [3.05, 3.63) is 42.1 Å². The molecule has 2 amide bonds. The second-order valence-electron chi connectivity index (χ2n) is 8.53. The second-order valence-corrected chi connectivity index (χ2v) is 8.53. The topological polar surface area (TPSA) is 78.7 Å². The van der Waals surface area contributed by atoms with Gasteiger partial charge < -0.3 is 14.7 Å². The fourth-order valence-electron chi connectivity index (χ4n) is 4.58. The summed E-state index contributed by atoms with van der Waals surface area (Å²) in [4.78, 5) is 29.8. The molecule has 0 saturated carbocycles. The number of carbonyl (C=O) groups is 2. The SMILES string of the molecule is O=C1CC2CCCCN2CCCCN(C(=O)c2cc(-c3ccccc3)on2)CCCN1. The molecule has 7 nitrogen and oxygen atoms in total. The molecule has 1 N–H and O–H groups in total. The minimum absolute atomic E-state index is 0.108. The van der Waals surface area contributed by atoms with E-state index in [1.54, 1.807) is 6.07 Å². The standard InChI is InChI=1S/C24H32N4O3/c29-23-17-20-11-4-5-13-27(20)14-6-7-15-28(16-8-12-25-23)24(30)21-18-22(31-26-21)19-9-2-1-3-10-19/h1-3,9-10,18,20H,4-8,11-17H2,(H,25,29). The molecule has 0 spiro atoms. The minimum Gasteiger partial charge on any atom is -0.356 e. The summed E-state index contributed by atoms with van der Waals surface area (Å²) in [5.74, 6) is 0.610. The van der Waals surface area contributed by atoms with E-state index in [0.717, 1.165) is 44.3 Å². The van der Waals surface area contributed by atoms with E-state index >= 15 is 0 Å². The molecule has 1 aromatic carbocycles. The van der Waals surface area contributed by atoms with E-state index in [1.807, 2.05) is 35.2 Å². The van der Waals surface area contributed by atoms with Crippen LogP contribution in [0.5, 0.6) is 0 Å². The first-order valence-corrected chi connectivity index (χ1v) is 11.5. The van der Waals surface area contributed by atoms with Crippen LogP contribution in [-0.4, -0.2) is 65.5 Å². The van der Waals surface area contributed by atoms with Crippen LogP contribution in [0.25, 0.3) is 11.3 Å². The van der Waals surface area contributed by atoms with Gasteiger partial charge in [-0.2, -0.15) is 0 Å². The third-order valence-electron chi connectivity index (χ3n) is 6.30. The lowest BCUT2D eigenvalue weighted by Gasteiger charge is -2.35. The van der Waals surface area contributed by atoms with Gasteiger partial charge in [0.2, 0.25) is 5.91 Å². The summed E-state index contributed by atoms with van der Waals surface area (Å²) in [5, 5.41) is 7.08. The molecule has 1 aromatic heterocycles. The van der Waals surface area contributed by atoms with Crippen LogP contribution < -0.4 is 5.32 Å². The third-order valence-corrected chi connectivity index (χ3v) is 6.30. The highest BCUT2D eigenvalue weighted by Gasteiger charge is 2.25. The maximum absolute atomic E-state index is 13.1. The predicted molar refractivity (Wildman–Crippen MR) is 119 cm³/mol. The van der Waals surface area contributed by atoms with E-state index in [0.29, 0.717) is 43.6 Å². The lowest BCUT2D eigenvalue weighted by Crippen LogP contribution is -2.43. The fraction of sp³-hybridized carbons (Fsp3) is 0.542. The molecule has 31 heavy (non-hydrogen) atoms. The van der Waals surface area contributed by atoms with Crippen LogP contribution in [0.2, 0.25) is 0 Å².